The summed E-state index contributed by atoms with van der Waals surface area (Å²) in [6, 6.07) is 5.28. The smallest absolute Gasteiger partial charge is 0.412 e. The van der Waals surface area contributed by atoms with Crippen LogP contribution in [0.15, 0.2) is 18.2 Å². The minimum atomic E-state index is -3.00. The first-order valence-electron chi connectivity index (χ1n) is 7.35. The van der Waals surface area contributed by atoms with Crippen LogP contribution >= 0.6 is 0 Å². The number of carbonyl (C=O) groups is 1. The number of amides is 1. The molecule has 0 aliphatic heterocycles. The Bertz CT molecular complexity index is 647. The normalized spacial score (nSPS) is 11.9. The first-order valence-corrected chi connectivity index (χ1v) is 9.41. The van der Waals surface area contributed by atoms with Crippen LogP contribution in [0, 0.1) is 0 Å². The van der Waals surface area contributed by atoms with E-state index in [1.54, 1.807) is 32.9 Å². The van der Waals surface area contributed by atoms with Gasteiger partial charge in [-0.1, -0.05) is 6.07 Å². The highest BCUT2D eigenvalue weighted by Gasteiger charge is 2.17. The third-order valence-corrected chi connectivity index (χ3v) is 3.94. The van der Waals surface area contributed by atoms with Gasteiger partial charge in [-0.2, -0.15) is 0 Å². The number of rotatable bonds is 6. The summed E-state index contributed by atoms with van der Waals surface area (Å²) < 4.78 is 32.9. The molecule has 1 rings (SSSR count). The van der Waals surface area contributed by atoms with Crippen LogP contribution in [0.25, 0.3) is 0 Å². The monoisotopic (exact) mass is 343 g/mol. The van der Waals surface area contributed by atoms with E-state index in [1.807, 2.05) is 6.07 Å². The van der Waals surface area contributed by atoms with E-state index >= 15 is 0 Å². The third kappa shape index (κ3) is 7.88. The summed E-state index contributed by atoms with van der Waals surface area (Å²) in [6.45, 7) is 5.35. The molecule has 130 valence electrons. The van der Waals surface area contributed by atoms with Crippen molar-refractivity contribution < 1.29 is 22.7 Å². The highest BCUT2D eigenvalue weighted by molar-refractivity contribution is 7.90. The zero-order valence-corrected chi connectivity index (χ0v) is 15.1. The molecule has 1 aromatic carbocycles. The van der Waals surface area contributed by atoms with Crippen LogP contribution in [0.1, 0.15) is 32.8 Å². The fourth-order valence-corrected chi connectivity index (χ4v) is 2.62. The molecule has 0 bridgehead atoms. The minimum Gasteiger partial charge on any atom is -0.497 e. The number of methoxy groups -OCH3 is 1. The van der Waals surface area contributed by atoms with Crippen LogP contribution in [0.2, 0.25) is 0 Å². The second-order valence-electron chi connectivity index (χ2n) is 6.38. The van der Waals surface area contributed by atoms with Crippen LogP contribution in [0.3, 0.4) is 0 Å². The number of anilines is 1. The van der Waals surface area contributed by atoms with Crippen molar-refractivity contribution in [2.75, 3.05) is 24.4 Å². The number of hydrogen-bond donors (Lipinski definition) is 1. The quantitative estimate of drug-likeness (QED) is 0.858. The maximum absolute atomic E-state index is 11.9. The van der Waals surface area contributed by atoms with Gasteiger partial charge >= 0.3 is 6.09 Å². The van der Waals surface area contributed by atoms with Gasteiger partial charge in [0.05, 0.1) is 18.6 Å². The summed E-state index contributed by atoms with van der Waals surface area (Å²) in [5, 5.41) is 2.70. The van der Waals surface area contributed by atoms with E-state index in [-0.39, 0.29) is 5.75 Å². The number of carbonyl (C=O) groups excluding carboxylic acids is 1. The van der Waals surface area contributed by atoms with Crippen LogP contribution in [0.5, 0.6) is 5.75 Å². The van der Waals surface area contributed by atoms with E-state index in [0.29, 0.717) is 24.3 Å². The predicted octanol–water partition coefficient (Wildman–Crippen LogP) is 3.02. The molecule has 0 unspecified atom stereocenters. The van der Waals surface area contributed by atoms with Crippen molar-refractivity contribution in [3.8, 4) is 5.75 Å². The molecule has 0 aliphatic carbocycles. The lowest BCUT2D eigenvalue weighted by atomic mass is 10.1. The molecule has 0 heterocycles. The van der Waals surface area contributed by atoms with Gasteiger partial charge < -0.3 is 9.47 Å². The van der Waals surface area contributed by atoms with E-state index in [2.05, 4.69) is 5.32 Å². The number of aryl methyl sites for hydroxylation is 1. The molecule has 7 heteroatoms. The minimum absolute atomic E-state index is 0.102. The Labute approximate surface area is 138 Å². The van der Waals surface area contributed by atoms with Crippen molar-refractivity contribution in [1.29, 1.82) is 0 Å². The maximum Gasteiger partial charge on any atom is 0.412 e. The summed E-state index contributed by atoms with van der Waals surface area (Å²) in [6.07, 6.45) is 1.66. The summed E-state index contributed by atoms with van der Waals surface area (Å²) in [4.78, 5) is 11.9. The Kier molecular flexibility index (Phi) is 6.44. The average Bonchev–Trinajstić information content (AvgIpc) is 2.36. The molecule has 0 atom stereocenters. The third-order valence-electron chi connectivity index (χ3n) is 2.91. The maximum atomic E-state index is 11.9. The number of ether oxygens (including phenoxy) is 2. The lowest BCUT2D eigenvalue weighted by Crippen LogP contribution is -2.27. The van der Waals surface area contributed by atoms with Crippen molar-refractivity contribution in [3.63, 3.8) is 0 Å². The molecule has 0 fully saturated rings. The van der Waals surface area contributed by atoms with Crippen molar-refractivity contribution in [1.82, 2.24) is 0 Å². The van der Waals surface area contributed by atoms with Gasteiger partial charge in [-0.05, 0) is 45.2 Å². The molecule has 0 saturated heterocycles. The van der Waals surface area contributed by atoms with E-state index in [0.717, 1.165) is 5.56 Å². The molecule has 1 N–H and O–H groups in total. The largest absolute Gasteiger partial charge is 0.497 e. The highest BCUT2D eigenvalue weighted by atomic mass is 32.2. The summed E-state index contributed by atoms with van der Waals surface area (Å²) >= 11 is 0. The van der Waals surface area contributed by atoms with Crippen LogP contribution in [-0.4, -0.2) is 39.2 Å². The van der Waals surface area contributed by atoms with Crippen LogP contribution in [0.4, 0.5) is 10.5 Å². The molecule has 1 amide bonds. The Morgan fingerprint density at radius 2 is 1.91 bits per heavy atom. The van der Waals surface area contributed by atoms with E-state index < -0.39 is 21.5 Å². The highest BCUT2D eigenvalue weighted by Crippen LogP contribution is 2.24. The van der Waals surface area contributed by atoms with Gasteiger partial charge in [-0.15, -0.1) is 0 Å². The van der Waals surface area contributed by atoms with Gasteiger partial charge in [0.25, 0.3) is 0 Å². The summed E-state index contributed by atoms with van der Waals surface area (Å²) in [5.41, 5.74) is 0.798. The topological polar surface area (TPSA) is 81.7 Å². The van der Waals surface area contributed by atoms with Gasteiger partial charge in [0.15, 0.2) is 0 Å². The first-order chi connectivity index (χ1) is 10.5. The second kappa shape index (κ2) is 7.68. The predicted molar refractivity (Wildman–Crippen MR) is 90.9 cm³/mol. The van der Waals surface area contributed by atoms with E-state index in [4.69, 9.17) is 9.47 Å². The van der Waals surface area contributed by atoms with Crippen LogP contribution in [-0.2, 0) is 21.0 Å². The molecule has 0 radical (unpaired) electrons. The molecule has 0 aromatic heterocycles. The van der Waals surface area contributed by atoms with Crippen molar-refractivity contribution >= 4 is 21.6 Å². The van der Waals surface area contributed by atoms with Gasteiger partial charge in [-0.25, -0.2) is 13.2 Å². The number of nitrogens with one attached hydrogen (secondary N) is 1. The fraction of sp³-hybridized carbons (Fsp3) is 0.562. The summed E-state index contributed by atoms with van der Waals surface area (Å²) in [7, 11) is -1.47. The van der Waals surface area contributed by atoms with Gasteiger partial charge in [-0.3, -0.25) is 5.32 Å². The van der Waals surface area contributed by atoms with Gasteiger partial charge in [0.1, 0.15) is 21.2 Å². The molecule has 1 aromatic rings. The molecule has 0 spiro atoms. The molecule has 23 heavy (non-hydrogen) atoms. The Morgan fingerprint density at radius 1 is 1.26 bits per heavy atom. The number of benzene rings is 1. The molecule has 0 aliphatic rings. The Hall–Kier alpha value is -1.76. The SMILES string of the molecule is COc1ccc(CCCS(C)(=O)=O)c(NC(=O)OC(C)(C)C)c1. The zero-order valence-electron chi connectivity index (χ0n) is 14.3. The van der Waals surface area contributed by atoms with Crippen molar-refractivity contribution in [2.24, 2.45) is 0 Å². The number of sulfone groups is 1. The Morgan fingerprint density at radius 3 is 2.43 bits per heavy atom. The first kappa shape index (κ1) is 19.3. The standard InChI is InChI=1S/C16H25NO5S/c1-16(2,3)22-15(18)17-14-11-13(21-4)9-8-12(14)7-6-10-23(5,19)20/h8-9,11H,6-7,10H2,1-5H3,(H,17,18). The lowest BCUT2D eigenvalue weighted by molar-refractivity contribution is 0.0635. The Balaban J connectivity index is 2.87. The van der Waals surface area contributed by atoms with E-state index in [1.165, 1.54) is 13.4 Å². The molecular formula is C16H25NO5S. The number of hydrogen-bond acceptors (Lipinski definition) is 5. The van der Waals surface area contributed by atoms with Gasteiger partial charge in [0.2, 0.25) is 0 Å². The fourth-order valence-electron chi connectivity index (χ4n) is 1.96. The van der Waals surface area contributed by atoms with Crippen molar-refractivity contribution in [3.05, 3.63) is 23.8 Å². The zero-order chi connectivity index (χ0) is 17.7. The molecular weight excluding hydrogens is 318 g/mol. The molecule has 0 saturated carbocycles. The lowest BCUT2D eigenvalue weighted by Gasteiger charge is -2.20. The molecule has 6 nitrogen and oxygen atoms in total. The second-order valence-corrected chi connectivity index (χ2v) is 8.64. The van der Waals surface area contributed by atoms with Gasteiger partial charge in [0, 0.05) is 12.3 Å². The van der Waals surface area contributed by atoms with Crippen molar-refractivity contribution in [2.45, 2.75) is 39.2 Å². The van der Waals surface area contributed by atoms with Crippen LogP contribution < -0.4 is 10.1 Å². The average molecular weight is 343 g/mol. The van der Waals surface area contributed by atoms with E-state index in [9.17, 15) is 13.2 Å². The summed E-state index contributed by atoms with van der Waals surface area (Å²) in [5.74, 6) is 0.702.